The summed E-state index contributed by atoms with van der Waals surface area (Å²) in [6.07, 6.45) is 0. The van der Waals surface area contributed by atoms with Gasteiger partial charge in [0.25, 0.3) is 0 Å². The largest absolute Gasteiger partial charge is 0.456 e. The fourth-order valence-electron chi connectivity index (χ4n) is 8.71. The lowest BCUT2D eigenvalue weighted by Gasteiger charge is -2.30. The summed E-state index contributed by atoms with van der Waals surface area (Å²) in [7, 11) is 0. The minimum atomic E-state index is 0.870. The quantitative estimate of drug-likeness (QED) is 0.151. The van der Waals surface area contributed by atoms with E-state index in [0.717, 1.165) is 55.7 Å². The number of fused-ring (bicyclic) bond motifs is 6. The summed E-state index contributed by atoms with van der Waals surface area (Å²) >= 11 is 0. The molecule has 1 aromatic heterocycles. The Morgan fingerprint density at radius 1 is 0.293 bits per heavy atom. The van der Waals surface area contributed by atoms with E-state index in [2.05, 4.69) is 223 Å². The smallest absolute Gasteiger partial charge is 0.136 e. The summed E-state index contributed by atoms with van der Waals surface area (Å²) in [5, 5.41) is 7.18. The van der Waals surface area contributed by atoms with Crippen molar-refractivity contribution in [2.24, 2.45) is 0 Å². The number of hydrogen-bond donors (Lipinski definition) is 0. The lowest BCUT2D eigenvalue weighted by atomic mass is 9.88. The van der Waals surface area contributed by atoms with Crippen molar-refractivity contribution < 1.29 is 4.42 Å². The van der Waals surface area contributed by atoms with Gasteiger partial charge in [-0.15, -0.1) is 0 Å². The predicted molar refractivity (Wildman–Crippen MR) is 245 cm³/mol. The first-order chi connectivity index (χ1) is 28.8. The van der Waals surface area contributed by atoms with Gasteiger partial charge in [0.1, 0.15) is 11.2 Å². The third kappa shape index (κ3) is 5.82. The average molecular weight is 740 g/mol. The highest BCUT2D eigenvalue weighted by molar-refractivity contribution is 6.14. The zero-order valence-corrected chi connectivity index (χ0v) is 31.7. The van der Waals surface area contributed by atoms with Crippen molar-refractivity contribution in [1.82, 2.24) is 0 Å². The van der Waals surface area contributed by atoms with Crippen LogP contribution in [0.2, 0.25) is 0 Å². The maximum absolute atomic E-state index is 6.55. The molecule has 0 N–H and O–H groups in total. The molecule has 11 aromatic rings. The van der Waals surface area contributed by atoms with Crippen LogP contribution in [0.3, 0.4) is 0 Å². The highest BCUT2D eigenvalue weighted by Gasteiger charge is 2.23. The van der Waals surface area contributed by atoms with Gasteiger partial charge in [-0.05, 0) is 109 Å². The maximum atomic E-state index is 6.55. The number of hydrogen-bond acceptors (Lipinski definition) is 2. The molecule has 58 heavy (non-hydrogen) atoms. The average Bonchev–Trinajstić information content (AvgIpc) is 3.68. The number of furan rings is 1. The van der Waals surface area contributed by atoms with Gasteiger partial charge in [0.15, 0.2) is 0 Å². The number of nitrogens with zero attached hydrogens (tertiary/aromatic N) is 1. The Labute approximate surface area is 337 Å². The van der Waals surface area contributed by atoms with Crippen molar-refractivity contribution in [3.8, 4) is 44.5 Å². The minimum absolute atomic E-state index is 0.870. The zero-order chi connectivity index (χ0) is 38.4. The Balaban J connectivity index is 1.17. The molecule has 0 radical (unpaired) electrons. The molecule has 1 heterocycles. The fraction of sp³-hybridized carbons (Fsp3) is 0. The molecule has 10 aromatic carbocycles. The van der Waals surface area contributed by atoms with Crippen LogP contribution in [0.25, 0.3) is 88.0 Å². The normalized spacial score (nSPS) is 11.4. The zero-order valence-electron chi connectivity index (χ0n) is 31.7. The summed E-state index contributed by atoms with van der Waals surface area (Å²) in [4.78, 5) is 2.41. The molecule has 0 aliphatic carbocycles. The summed E-state index contributed by atoms with van der Waals surface area (Å²) in [6, 6.07) is 80.8. The van der Waals surface area contributed by atoms with Gasteiger partial charge in [-0.2, -0.15) is 0 Å². The van der Waals surface area contributed by atoms with Crippen molar-refractivity contribution in [3.05, 3.63) is 224 Å². The van der Waals surface area contributed by atoms with Gasteiger partial charge < -0.3 is 9.32 Å². The van der Waals surface area contributed by atoms with Crippen LogP contribution >= 0.6 is 0 Å². The van der Waals surface area contributed by atoms with E-state index in [-0.39, 0.29) is 0 Å². The first kappa shape index (κ1) is 33.6. The van der Waals surface area contributed by atoms with Gasteiger partial charge in [-0.3, -0.25) is 0 Å². The van der Waals surface area contributed by atoms with E-state index >= 15 is 0 Å². The fourth-order valence-corrected chi connectivity index (χ4v) is 8.71. The minimum Gasteiger partial charge on any atom is -0.456 e. The molecule has 0 unspecified atom stereocenters. The van der Waals surface area contributed by atoms with Crippen LogP contribution in [0.15, 0.2) is 229 Å². The molecular formula is C56H37NO. The van der Waals surface area contributed by atoms with Crippen LogP contribution in [-0.2, 0) is 0 Å². The van der Waals surface area contributed by atoms with Crippen molar-refractivity contribution in [3.63, 3.8) is 0 Å². The molecule has 2 nitrogen and oxygen atoms in total. The molecule has 272 valence electrons. The molecule has 11 rings (SSSR count). The molecule has 0 fully saturated rings. The summed E-state index contributed by atoms with van der Waals surface area (Å²) in [5.74, 6) is 0. The Hall–Kier alpha value is -7.68. The predicted octanol–water partition coefficient (Wildman–Crippen LogP) is 16.0. The van der Waals surface area contributed by atoms with Crippen molar-refractivity contribution in [2.45, 2.75) is 0 Å². The van der Waals surface area contributed by atoms with Crippen LogP contribution in [0.4, 0.5) is 17.1 Å². The van der Waals surface area contributed by atoms with Crippen LogP contribution in [0.1, 0.15) is 0 Å². The molecule has 0 aliphatic rings. The summed E-state index contributed by atoms with van der Waals surface area (Å²) in [6.45, 7) is 0. The first-order valence-corrected chi connectivity index (χ1v) is 19.8. The second-order valence-electron chi connectivity index (χ2n) is 14.9. The molecular weight excluding hydrogens is 703 g/mol. The van der Waals surface area contributed by atoms with Crippen LogP contribution in [0, 0.1) is 0 Å². The maximum Gasteiger partial charge on any atom is 0.136 e. The van der Waals surface area contributed by atoms with Crippen molar-refractivity contribution >= 4 is 60.5 Å². The lowest BCUT2D eigenvalue weighted by Crippen LogP contribution is -2.12. The molecule has 0 atom stereocenters. The monoisotopic (exact) mass is 739 g/mol. The van der Waals surface area contributed by atoms with Crippen molar-refractivity contribution in [1.29, 1.82) is 0 Å². The Morgan fingerprint density at radius 3 is 1.52 bits per heavy atom. The standard InChI is InChI=1S/C56H37NO/c1-3-13-38(14-4-1)40-25-31-44(32-26-40)57(45-33-27-41(28-34-45)39-15-5-2-6-16-39)53-23-12-22-52(48-21-11-20-47-46-18-8-7-17-42(46)29-35-49(47)48)56(53)43-30-36-51-50-19-9-10-24-54(50)58-55(51)37-43/h1-37H. The Kier molecular flexibility index (Phi) is 8.19. The number of para-hydroxylation sites is 1. The number of anilines is 3. The van der Waals surface area contributed by atoms with E-state index in [0.29, 0.717) is 0 Å². The molecule has 0 bridgehead atoms. The Morgan fingerprint density at radius 2 is 0.810 bits per heavy atom. The van der Waals surface area contributed by atoms with Crippen LogP contribution in [-0.4, -0.2) is 0 Å². The van der Waals surface area contributed by atoms with E-state index < -0.39 is 0 Å². The van der Waals surface area contributed by atoms with Crippen LogP contribution in [0.5, 0.6) is 0 Å². The highest BCUT2D eigenvalue weighted by Crippen LogP contribution is 2.48. The van der Waals surface area contributed by atoms with E-state index in [1.165, 1.54) is 49.4 Å². The van der Waals surface area contributed by atoms with E-state index in [4.69, 9.17) is 4.42 Å². The molecule has 0 saturated carbocycles. The SMILES string of the molecule is c1ccc(-c2ccc(N(c3ccc(-c4ccccc4)cc3)c3cccc(-c4cccc5c4ccc4ccccc45)c3-c3ccc4c(c3)oc3ccccc34)cc2)cc1. The van der Waals surface area contributed by atoms with Gasteiger partial charge >= 0.3 is 0 Å². The van der Waals surface area contributed by atoms with Gasteiger partial charge in [-0.1, -0.05) is 176 Å². The van der Waals surface area contributed by atoms with Gasteiger partial charge in [0.05, 0.1) is 5.69 Å². The molecule has 0 aliphatic heterocycles. The highest BCUT2D eigenvalue weighted by atomic mass is 16.3. The second kappa shape index (κ2) is 14.1. The number of rotatable bonds is 7. The lowest BCUT2D eigenvalue weighted by molar-refractivity contribution is 0.669. The second-order valence-corrected chi connectivity index (χ2v) is 14.9. The Bertz CT molecular complexity index is 3170. The molecule has 0 spiro atoms. The third-order valence-electron chi connectivity index (χ3n) is 11.5. The third-order valence-corrected chi connectivity index (χ3v) is 11.5. The van der Waals surface area contributed by atoms with Gasteiger partial charge in [0, 0.05) is 27.7 Å². The number of benzene rings is 10. The van der Waals surface area contributed by atoms with Gasteiger partial charge in [-0.25, -0.2) is 0 Å². The molecule has 2 heteroatoms. The summed E-state index contributed by atoms with van der Waals surface area (Å²) < 4.78 is 6.55. The van der Waals surface area contributed by atoms with E-state index in [9.17, 15) is 0 Å². The van der Waals surface area contributed by atoms with Crippen molar-refractivity contribution in [2.75, 3.05) is 4.90 Å². The first-order valence-electron chi connectivity index (χ1n) is 19.8. The van der Waals surface area contributed by atoms with E-state index in [1.54, 1.807) is 0 Å². The molecule has 0 saturated heterocycles. The topological polar surface area (TPSA) is 16.4 Å². The van der Waals surface area contributed by atoms with Crippen LogP contribution < -0.4 is 4.90 Å². The van der Waals surface area contributed by atoms with E-state index in [1.807, 2.05) is 6.07 Å². The summed E-state index contributed by atoms with van der Waals surface area (Å²) in [5.41, 5.74) is 14.3. The molecule has 0 amide bonds. The van der Waals surface area contributed by atoms with Gasteiger partial charge in [0.2, 0.25) is 0 Å².